The first kappa shape index (κ1) is 13.7. The SMILES string of the molecule is CCC(C)N(CC)C(=O)c1sc2nnccc2c1N. The zero-order chi connectivity index (χ0) is 14.0. The Balaban J connectivity index is 2.43. The zero-order valence-corrected chi connectivity index (χ0v) is 12.2. The van der Waals surface area contributed by atoms with Crippen LogP contribution in [-0.2, 0) is 0 Å². The van der Waals surface area contributed by atoms with Gasteiger partial charge in [0.2, 0.25) is 0 Å². The van der Waals surface area contributed by atoms with Gasteiger partial charge in [0.1, 0.15) is 9.71 Å². The van der Waals surface area contributed by atoms with E-state index >= 15 is 0 Å². The number of aromatic nitrogens is 2. The number of thiophene rings is 1. The molecule has 0 fully saturated rings. The van der Waals surface area contributed by atoms with Crippen LogP contribution in [0.15, 0.2) is 12.3 Å². The van der Waals surface area contributed by atoms with Crippen molar-refractivity contribution in [2.75, 3.05) is 12.3 Å². The van der Waals surface area contributed by atoms with Crippen LogP contribution in [0, 0.1) is 0 Å². The second-order valence-electron chi connectivity index (χ2n) is 4.44. The molecule has 0 aliphatic rings. The molecule has 0 bridgehead atoms. The van der Waals surface area contributed by atoms with Gasteiger partial charge in [-0.05, 0) is 26.3 Å². The Morgan fingerprint density at radius 1 is 1.53 bits per heavy atom. The predicted molar refractivity (Wildman–Crippen MR) is 78.3 cm³/mol. The third kappa shape index (κ3) is 2.40. The fourth-order valence-electron chi connectivity index (χ4n) is 2.04. The summed E-state index contributed by atoms with van der Waals surface area (Å²) < 4.78 is 0. The highest BCUT2D eigenvalue weighted by atomic mass is 32.1. The first-order chi connectivity index (χ1) is 9.10. The third-order valence-corrected chi connectivity index (χ3v) is 4.43. The molecule has 102 valence electrons. The van der Waals surface area contributed by atoms with E-state index in [1.807, 2.05) is 18.7 Å². The second kappa shape index (κ2) is 5.52. The molecule has 5 nitrogen and oxygen atoms in total. The van der Waals surface area contributed by atoms with Crippen molar-refractivity contribution >= 4 is 33.1 Å². The monoisotopic (exact) mass is 278 g/mol. The summed E-state index contributed by atoms with van der Waals surface area (Å²) >= 11 is 1.31. The molecule has 6 heteroatoms. The lowest BCUT2D eigenvalue weighted by Gasteiger charge is -2.26. The lowest BCUT2D eigenvalue weighted by Crippen LogP contribution is -2.37. The van der Waals surface area contributed by atoms with Gasteiger partial charge >= 0.3 is 0 Å². The Morgan fingerprint density at radius 2 is 2.26 bits per heavy atom. The van der Waals surface area contributed by atoms with Gasteiger partial charge in [0, 0.05) is 18.0 Å². The standard InChI is InChI=1S/C13H18N4OS/c1-4-8(3)17(5-2)13(18)11-10(14)9-6-7-15-16-12(9)19-11/h6-8H,4-5,14H2,1-3H3. The number of nitrogen functional groups attached to an aromatic ring is 1. The van der Waals surface area contributed by atoms with Gasteiger partial charge in [-0.15, -0.1) is 16.4 Å². The maximum atomic E-state index is 12.6. The summed E-state index contributed by atoms with van der Waals surface area (Å²) in [5.41, 5.74) is 6.58. The Hall–Kier alpha value is -1.69. The molecule has 2 aromatic heterocycles. The van der Waals surface area contributed by atoms with Gasteiger partial charge in [-0.3, -0.25) is 4.79 Å². The Morgan fingerprint density at radius 3 is 2.84 bits per heavy atom. The number of nitrogens with zero attached hydrogens (tertiary/aromatic N) is 3. The van der Waals surface area contributed by atoms with E-state index in [1.54, 1.807) is 12.3 Å². The topological polar surface area (TPSA) is 72.1 Å². The second-order valence-corrected chi connectivity index (χ2v) is 5.44. The van der Waals surface area contributed by atoms with Crippen molar-refractivity contribution in [3.63, 3.8) is 0 Å². The summed E-state index contributed by atoms with van der Waals surface area (Å²) in [6.45, 7) is 6.77. The van der Waals surface area contributed by atoms with Crippen molar-refractivity contribution in [2.24, 2.45) is 0 Å². The van der Waals surface area contributed by atoms with Crippen LogP contribution in [0.3, 0.4) is 0 Å². The molecule has 2 heterocycles. The summed E-state index contributed by atoms with van der Waals surface area (Å²) in [4.78, 5) is 15.7. The number of fused-ring (bicyclic) bond motifs is 1. The van der Waals surface area contributed by atoms with E-state index in [2.05, 4.69) is 17.1 Å². The number of amides is 1. The molecule has 2 N–H and O–H groups in total. The Kier molecular flexibility index (Phi) is 3.99. The molecule has 0 aromatic carbocycles. The van der Waals surface area contributed by atoms with Gasteiger partial charge in [0.25, 0.3) is 5.91 Å². The maximum Gasteiger partial charge on any atom is 0.266 e. The summed E-state index contributed by atoms with van der Waals surface area (Å²) in [5, 5.41) is 8.64. The first-order valence-electron chi connectivity index (χ1n) is 6.40. The molecule has 0 saturated heterocycles. The van der Waals surface area contributed by atoms with Gasteiger partial charge in [-0.1, -0.05) is 6.92 Å². The average Bonchev–Trinajstić information content (AvgIpc) is 2.77. The number of carbonyl (C=O) groups is 1. The molecule has 0 aliphatic carbocycles. The summed E-state index contributed by atoms with van der Waals surface area (Å²) in [6, 6.07) is 2.00. The highest BCUT2D eigenvalue weighted by Crippen LogP contribution is 2.32. The highest BCUT2D eigenvalue weighted by molar-refractivity contribution is 7.21. The Labute approximate surface area is 116 Å². The smallest absolute Gasteiger partial charge is 0.266 e. The molecule has 0 radical (unpaired) electrons. The van der Waals surface area contributed by atoms with Crippen molar-refractivity contribution in [2.45, 2.75) is 33.2 Å². The maximum absolute atomic E-state index is 12.6. The van der Waals surface area contributed by atoms with Gasteiger partial charge in [-0.25, -0.2) is 0 Å². The number of hydrogen-bond donors (Lipinski definition) is 1. The van der Waals surface area contributed by atoms with Crippen LogP contribution >= 0.6 is 11.3 Å². The summed E-state index contributed by atoms with van der Waals surface area (Å²) in [5.74, 6) is -0.0163. The molecule has 2 aromatic rings. The first-order valence-corrected chi connectivity index (χ1v) is 7.22. The molecule has 0 saturated carbocycles. The average molecular weight is 278 g/mol. The van der Waals surface area contributed by atoms with Crippen molar-refractivity contribution < 1.29 is 4.79 Å². The van der Waals surface area contributed by atoms with Crippen molar-refractivity contribution in [3.8, 4) is 0 Å². The fraction of sp³-hybridized carbons (Fsp3) is 0.462. The number of rotatable bonds is 4. The molecule has 1 atom stereocenters. The summed E-state index contributed by atoms with van der Waals surface area (Å²) in [6.07, 6.45) is 2.51. The fourth-order valence-corrected chi connectivity index (χ4v) is 3.03. The van der Waals surface area contributed by atoms with E-state index in [9.17, 15) is 4.79 Å². The predicted octanol–water partition coefficient (Wildman–Crippen LogP) is 2.53. The van der Waals surface area contributed by atoms with Crippen LogP contribution in [0.2, 0.25) is 0 Å². The van der Waals surface area contributed by atoms with Gasteiger partial charge in [0.05, 0.1) is 11.9 Å². The van der Waals surface area contributed by atoms with Crippen LogP contribution in [0.1, 0.15) is 36.9 Å². The van der Waals surface area contributed by atoms with E-state index in [0.717, 1.165) is 11.8 Å². The van der Waals surface area contributed by atoms with Gasteiger partial charge in [-0.2, -0.15) is 5.10 Å². The van der Waals surface area contributed by atoms with Crippen LogP contribution < -0.4 is 5.73 Å². The zero-order valence-electron chi connectivity index (χ0n) is 11.4. The lowest BCUT2D eigenvalue weighted by atomic mass is 10.2. The van der Waals surface area contributed by atoms with Crippen LogP contribution in [0.5, 0.6) is 0 Å². The molecular weight excluding hydrogens is 260 g/mol. The molecule has 19 heavy (non-hydrogen) atoms. The van der Waals surface area contributed by atoms with Gasteiger partial charge < -0.3 is 10.6 Å². The van der Waals surface area contributed by atoms with Crippen molar-refractivity contribution in [1.29, 1.82) is 0 Å². The van der Waals surface area contributed by atoms with Crippen molar-refractivity contribution in [3.05, 3.63) is 17.1 Å². The van der Waals surface area contributed by atoms with E-state index in [1.165, 1.54) is 11.3 Å². The summed E-state index contributed by atoms with van der Waals surface area (Å²) in [7, 11) is 0. The van der Waals surface area contributed by atoms with Gasteiger partial charge in [0.15, 0.2) is 0 Å². The minimum Gasteiger partial charge on any atom is -0.397 e. The molecule has 0 aliphatic heterocycles. The molecule has 1 amide bonds. The number of nitrogens with two attached hydrogens (primary N) is 1. The van der Waals surface area contributed by atoms with E-state index in [-0.39, 0.29) is 11.9 Å². The van der Waals surface area contributed by atoms with Crippen LogP contribution in [0.4, 0.5) is 5.69 Å². The quantitative estimate of drug-likeness (QED) is 0.932. The molecular formula is C13H18N4OS. The molecule has 2 rings (SSSR count). The van der Waals surface area contributed by atoms with Crippen molar-refractivity contribution in [1.82, 2.24) is 15.1 Å². The Bertz CT molecular complexity index is 595. The number of hydrogen-bond acceptors (Lipinski definition) is 5. The van der Waals surface area contributed by atoms with E-state index in [0.29, 0.717) is 21.9 Å². The highest BCUT2D eigenvalue weighted by Gasteiger charge is 2.24. The minimum absolute atomic E-state index is 0.0163. The largest absolute Gasteiger partial charge is 0.397 e. The molecule has 0 spiro atoms. The minimum atomic E-state index is -0.0163. The van der Waals surface area contributed by atoms with Crippen LogP contribution in [-0.4, -0.2) is 33.6 Å². The molecule has 1 unspecified atom stereocenters. The lowest BCUT2D eigenvalue weighted by molar-refractivity contribution is 0.0706. The van der Waals surface area contributed by atoms with E-state index < -0.39 is 0 Å². The normalized spacial score (nSPS) is 12.6. The number of anilines is 1. The van der Waals surface area contributed by atoms with E-state index in [4.69, 9.17) is 5.73 Å². The third-order valence-electron chi connectivity index (χ3n) is 3.34. The number of carbonyl (C=O) groups excluding carboxylic acids is 1. The van der Waals surface area contributed by atoms with Crippen LogP contribution in [0.25, 0.3) is 10.2 Å².